The van der Waals surface area contributed by atoms with E-state index >= 15 is 0 Å². The summed E-state index contributed by atoms with van der Waals surface area (Å²) in [6.45, 7) is 2.77. The summed E-state index contributed by atoms with van der Waals surface area (Å²) in [7, 11) is 1.53. The first-order chi connectivity index (χ1) is 7.15. The molecule has 1 saturated heterocycles. The Labute approximate surface area is 89.4 Å². The van der Waals surface area contributed by atoms with Crippen molar-refractivity contribution in [2.24, 2.45) is 5.73 Å². The maximum atomic E-state index is 11.1. The number of rotatable bonds is 5. The van der Waals surface area contributed by atoms with Crippen molar-refractivity contribution in [2.75, 3.05) is 39.9 Å². The molecule has 1 aliphatic rings. The van der Waals surface area contributed by atoms with E-state index in [0.29, 0.717) is 19.6 Å². The van der Waals surface area contributed by atoms with Gasteiger partial charge in [-0.3, -0.25) is 9.69 Å². The number of carbonyl (C=O) groups excluding carboxylic acids is 1. The number of carbonyl (C=O) groups is 1. The zero-order chi connectivity index (χ0) is 11.3. The third kappa shape index (κ3) is 3.75. The second-order valence-corrected chi connectivity index (χ2v) is 3.73. The van der Waals surface area contributed by atoms with Gasteiger partial charge in [0.05, 0.1) is 12.7 Å². The Bertz CT molecular complexity index is 213. The van der Waals surface area contributed by atoms with E-state index in [2.05, 4.69) is 5.32 Å². The molecule has 4 N–H and O–H groups in total. The number of amides is 1. The van der Waals surface area contributed by atoms with E-state index in [1.165, 1.54) is 7.11 Å². The quantitative estimate of drug-likeness (QED) is 0.484. The summed E-state index contributed by atoms with van der Waals surface area (Å²) in [6.07, 6.45) is -0.574. The van der Waals surface area contributed by atoms with E-state index in [1.807, 2.05) is 4.90 Å². The number of nitrogens with zero attached hydrogens (tertiary/aromatic N) is 1. The fourth-order valence-corrected chi connectivity index (χ4v) is 1.76. The van der Waals surface area contributed by atoms with Crippen LogP contribution in [0.4, 0.5) is 0 Å². The Morgan fingerprint density at radius 1 is 1.80 bits per heavy atom. The van der Waals surface area contributed by atoms with Gasteiger partial charge in [-0.05, 0) is 0 Å². The van der Waals surface area contributed by atoms with Gasteiger partial charge < -0.3 is 20.9 Å². The second-order valence-electron chi connectivity index (χ2n) is 3.73. The fourth-order valence-electron chi connectivity index (χ4n) is 1.76. The fraction of sp³-hybridized carbons (Fsp3) is 0.889. The van der Waals surface area contributed by atoms with E-state index in [9.17, 15) is 9.90 Å². The second kappa shape index (κ2) is 6.02. The molecule has 1 amide bonds. The summed E-state index contributed by atoms with van der Waals surface area (Å²) in [6, 6.07) is -0.328. The molecule has 88 valence electrons. The molecule has 0 radical (unpaired) electrons. The van der Waals surface area contributed by atoms with E-state index < -0.39 is 6.10 Å². The van der Waals surface area contributed by atoms with Crippen molar-refractivity contribution in [2.45, 2.75) is 12.1 Å². The Kier molecular flexibility index (Phi) is 4.97. The number of hydrogen-bond donors (Lipinski definition) is 3. The van der Waals surface area contributed by atoms with Crippen molar-refractivity contribution in [3.05, 3.63) is 0 Å². The molecular weight excluding hydrogens is 198 g/mol. The molecule has 0 aromatic heterocycles. The first kappa shape index (κ1) is 12.4. The largest absolute Gasteiger partial charge is 0.389 e. The molecule has 1 fully saturated rings. The van der Waals surface area contributed by atoms with Gasteiger partial charge in [0.25, 0.3) is 0 Å². The summed E-state index contributed by atoms with van der Waals surface area (Å²) in [4.78, 5) is 13.0. The standard InChI is InChI=1S/C9H19N3O3/c1-15-6-7(13)5-12-3-2-11-4-8(12)9(10)14/h7-8,11,13H,2-6H2,1H3,(H2,10,14). The number of methoxy groups -OCH3 is 1. The smallest absolute Gasteiger partial charge is 0.236 e. The van der Waals surface area contributed by atoms with Crippen molar-refractivity contribution in [3.8, 4) is 0 Å². The van der Waals surface area contributed by atoms with Crippen LogP contribution in [0.2, 0.25) is 0 Å². The molecule has 1 aliphatic heterocycles. The third-order valence-electron chi connectivity index (χ3n) is 2.49. The molecule has 6 nitrogen and oxygen atoms in total. The first-order valence-electron chi connectivity index (χ1n) is 5.06. The molecule has 0 spiro atoms. The van der Waals surface area contributed by atoms with Crippen molar-refractivity contribution in [3.63, 3.8) is 0 Å². The molecule has 1 rings (SSSR count). The van der Waals surface area contributed by atoms with Crippen LogP contribution in [0, 0.1) is 0 Å². The summed E-state index contributed by atoms with van der Waals surface area (Å²) >= 11 is 0. The van der Waals surface area contributed by atoms with E-state index in [-0.39, 0.29) is 18.6 Å². The van der Waals surface area contributed by atoms with Gasteiger partial charge in [0.15, 0.2) is 0 Å². The van der Waals surface area contributed by atoms with Crippen LogP contribution in [0.5, 0.6) is 0 Å². The topological polar surface area (TPSA) is 87.8 Å². The minimum Gasteiger partial charge on any atom is -0.389 e. The van der Waals surface area contributed by atoms with Gasteiger partial charge in [-0.1, -0.05) is 0 Å². The molecule has 0 aromatic rings. The van der Waals surface area contributed by atoms with Crippen LogP contribution >= 0.6 is 0 Å². The number of nitrogens with two attached hydrogens (primary N) is 1. The van der Waals surface area contributed by atoms with Gasteiger partial charge in [0.1, 0.15) is 6.04 Å². The van der Waals surface area contributed by atoms with Crippen LogP contribution < -0.4 is 11.1 Å². The summed E-state index contributed by atoms with van der Waals surface area (Å²) in [5.41, 5.74) is 5.27. The molecule has 0 saturated carbocycles. The molecule has 0 aromatic carbocycles. The molecule has 0 bridgehead atoms. The Morgan fingerprint density at radius 3 is 3.13 bits per heavy atom. The number of ether oxygens (including phenoxy) is 1. The number of aliphatic hydroxyl groups excluding tert-OH is 1. The van der Waals surface area contributed by atoms with Crippen LogP contribution in [-0.4, -0.2) is 68.0 Å². The number of nitrogens with one attached hydrogen (secondary N) is 1. The molecule has 15 heavy (non-hydrogen) atoms. The SMILES string of the molecule is COCC(O)CN1CCNCC1C(N)=O. The van der Waals surface area contributed by atoms with Crippen molar-refractivity contribution >= 4 is 5.91 Å². The lowest BCUT2D eigenvalue weighted by molar-refractivity contribution is -0.124. The Balaban J connectivity index is 2.45. The van der Waals surface area contributed by atoms with Crippen molar-refractivity contribution < 1.29 is 14.6 Å². The van der Waals surface area contributed by atoms with Crippen LogP contribution in [0.3, 0.4) is 0 Å². The van der Waals surface area contributed by atoms with Crippen LogP contribution in [-0.2, 0) is 9.53 Å². The highest BCUT2D eigenvalue weighted by molar-refractivity contribution is 5.80. The summed E-state index contributed by atoms with van der Waals surface area (Å²) in [5.74, 6) is -0.355. The van der Waals surface area contributed by atoms with Crippen LogP contribution in [0.1, 0.15) is 0 Å². The molecule has 0 aliphatic carbocycles. The van der Waals surface area contributed by atoms with E-state index in [4.69, 9.17) is 10.5 Å². The van der Waals surface area contributed by atoms with Crippen LogP contribution in [0.25, 0.3) is 0 Å². The van der Waals surface area contributed by atoms with E-state index in [0.717, 1.165) is 6.54 Å². The molecule has 2 atom stereocenters. The van der Waals surface area contributed by atoms with Gasteiger partial charge >= 0.3 is 0 Å². The van der Waals surface area contributed by atoms with E-state index in [1.54, 1.807) is 0 Å². The number of hydrogen-bond acceptors (Lipinski definition) is 5. The third-order valence-corrected chi connectivity index (χ3v) is 2.49. The molecular formula is C9H19N3O3. The summed E-state index contributed by atoms with van der Waals surface area (Å²) in [5, 5.41) is 12.7. The van der Waals surface area contributed by atoms with Gasteiger partial charge in [0.2, 0.25) is 5.91 Å². The van der Waals surface area contributed by atoms with Gasteiger partial charge in [-0.25, -0.2) is 0 Å². The molecule has 1 heterocycles. The highest BCUT2D eigenvalue weighted by Crippen LogP contribution is 2.04. The first-order valence-corrected chi connectivity index (χ1v) is 5.06. The molecule has 2 unspecified atom stereocenters. The summed E-state index contributed by atoms with van der Waals surface area (Å²) < 4.78 is 4.83. The van der Waals surface area contributed by atoms with Gasteiger partial charge in [-0.15, -0.1) is 0 Å². The lowest BCUT2D eigenvalue weighted by Crippen LogP contribution is -2.58. The number of aliphatic hydroxyl groups is 1. The monoisotopic (exact) mass is 217 g/mol. The zero-order valence-electron chi connectivity index (χ0n) is 8.98. The van der Waals surface area contributed by atoms with Gasteiger partial charge in [-0.2, -0.15) is 0 Å². The van der Waals surface area contributed by atoms with Crippen molar-refractivity contribution in [1.29, 1.82) is 0 Å². The van der Waals surface area contributed by atoms with Gasteiger partial charge in [0, 0.05) is 33.3 Å². The average molecular weight is 217 g/mol. The maximum Gasteiger partial charge on any atom is 0.236 e. The Morgan fingerprint density at radius 2 is 2.53 bits per heavy atom. The predicted octanol–water partition coefficient (Wildman–Crippen LogP) is -2.25. The lowest BCUT2D eigenvalue weighted by atomic mass is 10.1. The minimum atomic E-state index is -0.574. The zero-order valence-corrected chi connectivity index (χ0v) is 8.98. The molecule has 6 heteroatoms. The minimum absolute atomic E-state index is 0.273. The van der Waals surface area contributed by atoms with Crippen LogP contribution in [0.15, 0.2) is 0 Å². The highest BCUT2D eigenvalue weighted by Gasteiger charge is 2.27. The number of piperazine rings is 1. The number of β-amino-alcohol motifs (C(OH)–C–C–N with tert-alkyl or cyclic N) is 1. The van der Waals surface area contributed by atoms with Crippen molar-refractivity contribution in [1.82, 2.24) is 10.2 Å². The highest BCUT2D eigenvalue weighted by atomic mass is 16.5. The Hall–Kier alpha value is -0.690. The predicted molar refractivity (Wildman–Crippen MR) is 55.3 cm³/mol. The lowest BCUT2D eigenvalue weighted by Gasteiger charge is -2.35. The normalized spacial score (nSPS) is 25.1. The maximum absolute atomic E-state index is 11.1. The number of primary amides is 1. The average Bonchev–Trinajstić information content (AvgIpc) is 2.18.